The molecule has 1 unspecified atom stereocenters. The molecule has 12 heteroatoms. The van der Waals surface area contributed by atoms with Gasteiger partial charge in [-0.2, -0.15) is 5.10 Å². The predicted octanol–water partition coefficient (Wildman–Crippen LogP) is 6.29. The summed E-state index contributed by atoms with van der Waals surface area (Å²) in [6, 6.07) is 12.2. The fourth-order valence-corrected chi connectivity index (χ4v) is 10.7. The number of hydrogen-bond acceptors (Lipinski definition) is 7. The number of aryl methyl sites for hydroxylation is 1. The first-order valence-corrected chi connectivity index (χ1v) is 20.8. The lowest BCUT2D eigenvalue weighted by Crippen LogP contribution is -2.52. The third-order valence-electron chi connectivity index (χ3n) is 11.7. The van der Waals surface area contributed by atoms with Crippen LogP contribution in [0.1, 0.15) is 102 Å². The van der Waals surface area contributed by atoms with Gasteiger partial charge in [0.25, 0.3) is 11.8 Å². The topological polar surface area (TPSA) is 119 Å². The normalized spacial score (nSPS) is 19.5. The lowest BCUT2D eigenvalue weighted by Gasteiger charge is -2.37. The van der Waals surface area contributed by atoms with Crippen molar-refractivity contribution in [1.82, 2.24) is 28.9 Å². The molecule has 1 aliphatic carbocycles. The Balaban J connectivity index is 1.28. The minimum Gasteiger partial charge on any atom is -0.497 e. The molecule has 3 aliphatic heterocycles. The molecular formula is C41H50N6O5S. The second-order valence-corrected chi connectivity index (χ2v) is 17.5. The van der Waals surface area contributed by atoms with Crippen LogP contribution in [-0.4, -0.2) is 89.5 Å². The molecule has 1 atom stereocenters. The molecule has 5 heterocycles. The zero-order chi connectivity index (χ0) is 37.0. The van der Waals surface area contributed by atoms with Crippen LogP contribution >= 0.6 is 0 Å². The molecular weight excluding hydrogens is 689 g/mol. The number of nitrogens with zero attached hydrogens (tertiary/aromatic N) is 5. The maximum Gasteiger partial charge on any atom is 0.264 e. The molecule has 0 spiro atoms. The average Bonchev–Trinajstić information content (AvgIpc) is 3.82. The Morgan fingerprint density at radius 2 is 1.79 bits per heavy atom. The molecule has 2 saturated heterocycles. The number of benzene rings is 2. The monoisotopic (exact) mass is 738 g/mol. The van der Waals surface area contributed by atoms with Crippen LogP contribution < -0.4 is 9.46 Å². The fraction of sp³-hybridized carbons (Fsp3) is 0.488. The van der Waals surface area contributed by atoms with Gasteiger partial charge in [-0.05, 0) is 97.2 Å². The summed E-state index contributed by atoms with van der Waals surface area (Å²) in [7, 11) is -0.249. The summed E-state index contributed by atoms with van der Waals surface area (Å²) in [6.45, 7) is 7.45. The molecule has 2 aromatic heterocycles. The van der Waals surface area contributed by atoms with Crippen LogP contribution in [0, 0.1) is 5.92 Å². The number of nitrogens with one attached hydrogen (secondary N) is 1. The van der Waals surface area contributed by atoms with E-state index in [0.717, 1.165) is 96.5 Å². The molecule has 0 bridgehead atoms. The Labute approximate surface area is 312 Å². The van der Waals surface area contributed by atoms with Gasteiger partial charge >= 0.3 is 0 Å². The molecule has 1 N–H and O–H groups in total. The highest BCUT2D eigenvalue weighted by Crippen LogP contribution is 2.48. The van der Waals surface area contributed by atoms with Crippen LogP contribution in [0.15, 0.2) is 42.6 Å². The smallest absolute Gasteiger partial charge is 0.264 e. The van der Waals surface area contributed by atoms with Crippen molar-refractivity contribution < 1.29 is 22.7 Å². The SMILES string of the molecule is COc1ccc2c(c1)C=C(c1c(C(=O)N3CCN4CCCC4C3)cnn1C)Cn1c-2c(C2CCCCC2)c2ccc(C(=O)NS(=O)(=O)CC(C)C)cc21. The first-order valence-electron chi connectivity index (χ1n) is 19.2. The highest BCUT2D eigenvalue weighted by Gasteiger charge is 2.36. The number of ether oxygens (including phenoxy) is 1. The number of aromatic nitrogens is 3. The molecule has 8 rings (SSSR count). The van der Waals surface area contributed by atoms with Crippen molar-refractivity contribution in [2.45, 2.75) is 77.3 Å². The number of sulfonamides is 1. The number of carbonyl (C=O) groups is 2. The van der Waals surface area contributed by atoms with E-state index in [4.69, 9.17) is 4.74 Å². The van der Waals surface area contributed by atoms with Crippen molar-refractivity contribution in [3.8, 4) is 17.0 Å². The Bertz CT molecular complexity index is 2230. The third-order valence-corrected chi connectivity index (χ3v) is 13.3. The Kier molecular flexibility index (Phi) is 9.47. The van der Waals surface area contributed by atoms with E-state index in [1.54, 1.807) is 19.4 Å². The van der Waals surface area contributed by atoms with Gasteiger partial charge in [-0.3, -0.25) is 19.2 Å². The number of rotatable bonds is 8. The van der Waals surface area contributed by atoms with Crippen molar-refractivity contribution in [2.24, 2.45) is 13.0 Å². The highest BCUT2D eigenvalue weighted by molar-refractivity contribution is 7.90. The van der Waals surface area contributed by atoms with Crippen LogP contribution in [0.3, 0.4) is 0 Å². The third kappa shape index (κ3) is 6.69. The van der Waals surface area contributed by atoms with Crippen LogP contribution in [0.25, 0.3) is 33.8 Å². The summed E-state index contributed by atoms with van der Waals surface area (Å²) in [4.78, 5) is 32.4. The van der Waals surface area contributed by atoms with Crippen LogP contribution in [-0.2, 0) is 23.6 Å². The summed E-state index contributed by atoms with van der Waals surface area (Å²) in [6.07, 6.45) is 11.8. The molecule has 280 valence electrons. The Morgan fingerprint density at radius 1 is 0.981 bits per heavy atom. The van der Waals surface area contributed by atoms with Gasteiger partial charge in [-0.25, -0.2) is 13.1 Å². The molecule has 4 aromatic rings. The number of fused-ring (bicyclic) bond motifs is 6. The summed E-state index contributed by atoms with van der Waals surface area (Å²) in [5.41, 5.74) is 7.79. The van der Waals surface area contributed by atoms with Crippen molar-refractivity contribution in [3.05, 3.63) is 70.5 Å². The van der Waals surface area contributed by atoms with Gasteiger partial charge in [-0.1, -0.05) is 39.2 Å². The molecule has 1 saturated carbocycles. The fourth-order valence-electron chi connectivity index (χ4n) is 9.33. The van der Waals surface area contributed by atoms with Crippen molar-refractivity contribution in [3.63, 3.8) is 0 Å². The molecule has 53 heavy (non-hydrogen) atoms. The molecule has 2 amide bonds. The van der Waals surface area contributed by atoms with Gasteiger partial charge < -0.3 is 14.2 Å². The van der Waals surface area contributed by atoms with Gasteiger partial charge in [-0.15, -0.1) is 0 Å². The predicted molar refractivity (Wildman–Crippen MR) is 207 cm³/mol. The first kappa shape index (κ1) is 35.6. The van der Waals surface area contributed by atoms with E-state index in [0.29, 0.717) is 30.6 Å². The molecule has 2 aromatic carbocycles. The zero-order valence-electron chi connectivity index (χ0n) is 31.2. The minimum atomic E-state index is -3.81. The number of methoxy groups -OCH3 is 1. The van der Waals surface area contributed by atoms with E-state index >= 15 is 0 Å². The van der Waals surface area contributed by atoms with Gasteiger partial charge in [0.2, 0.25) is 10.0 Å². The number of amides is 2. The van der Waals surface area contributed by atoms with Gasteiger partial charge in [0, 0.05) is 54.8 Å². The number of hydrogen-bond donors (Lipinski definition) is 1. The summed E-state index contributed by atoms with van der Waals surface area (Å²) in [5, 5.41) is 5.72. The van der Waals surface area contributed by atoms with Crippen LogP contribution in [0.5, 0.6) is 5.75 Å². The van der Waals surface area contributed by atoms with E-state index in [1.807, 2.05) is 48.7 Å². The van der Waals surface area contributed by atoms with E-state index < -0.39 is 15.9 Å². The number of allylic oxidation sites excluding steroid dienone is 1. The zero-order valence-corrected chi connectivity index (χ0v) is 32.0. The molecule has 11 nitrogen and oxygen atoms in total. The van der Waals surface area contributed by atoms with Gasteiger partial charge in [0.05, 0.1) is 42.6 Å². The molecule has 4 aliphatic rings. The molecule has 0 radical (unpaired) electrons. The molecule has 3 fully saturated rings. The van der Waals surface area contributed by atoms with Crippen molar-refractivity contribution in [1.29, 1.82) is 0 Å². The quantitative estimate of drug-likeness (QED) is 0.226. The van der Waals surface area contributed by atoms with Crippen molar-refractivity contribution in [2.75, 3.05) is 39.0 Å². The van der Waals surface area contributed by atoms with Crippen molar-refractivity contribution >= 4 is 44.4 Å². The number of piperazine rings is 1. The maximum atomic E-state index is 14.4. The Hall–Kier alpha value is -4.42. The van der Waals surface area contributed by atoms with Crippen LogP contribution in [0.2, 0.25) is 0 Å². The first-order chi connectivity index (χ1) is 25.5. The van der Waals surface area contributed by atoms with E-state index in [1.165, 1.54) is 18.4 Å². The van der Waals surface area contributed by atoms with Crippen LogP contribution in [0.4, 0.5) is 0 Å². The minimum absolute atomic E-state index is 0.00212. The summed E-state index contributed by atoms with van der Waals surface area (Å²) >= 11 is 0. The summed E-state index contributed by atoms with van der Waals surface area (Å²) < 4.78 is 37.8. The van der Waals surface area contributed by atoms with E-state index in [-0.39, 0.29) is 23.1 Å². The summed E-state index contributed by atoms with van der Waals surface area (Å²) in [5.74, 6) is 0.163. The highest BCUT2D eigenvalue weighted by atomic mass is 32.2. The lowest BCUT2D eigenvalue weighted by atomic mass is 9.81. The number of carbonyl (C=O) groups excluding carboxylic acids is 2. The maximum absolute atomic E-state index is 14.4. The van der Waals surface area contributed by atoms with E-state index in [2.05, 4.69) is 37.5 Å². The van der Waals surface area contributed by atoms with E-state index in [9.17, 15) is 18.0 Å². The second kappa shape index (κ2) is 14.1. The average molecular weight is 739 g/mol. The lowest BCUT2D eigenvalue weighted by molar-refractivity contribution is 0.0571. The van der Waals surface area contributed by atoms with Gasteiger partial charge in [0.1, 0.15) is 5.75 Å². The van der Waals surface area contributed by atoms with Gasteiger partial charge in [0.15, 0.2) is 0 Å². The Morgan fingerprint density at radius 3 is 2.57 bits per heavy atom. The largest absolute Gasteiger partial charge is 0.497 e. The second-order valence-electron chi connectivity index (χ2n) is 15.8. The standard InChI is InChI=1S/C41H50N6O5S/c1-26(2)25-53(50,51)43-40(48)28-12-14-34-36(21-28)47-23-30(38-35(22-42-44(38)3)41(49)46-18-17-45-16-8-11-31(45)24-46)19-29-20-32(52-4)13-15-33(29)39(47)37(34)27-9-6-5-7-10-27/h12-15,19-22,26-27,31H,5-11,16-18,23-25H2,1-4H3,(H,43,48).